The Bertz CT molecular complexity index is 837. The quantitative estimate of drug-likeness (QED) is 0.747. The molecule has 0 unspecified atom stereocenters. The minimum absolute atomic E-state index is 0.252. The van der Waals surface area contributed by atoms with Crippen LogP contribution in [0.4, 0.5) is 5.69 Å². The number of anilines is 1. The summed E-state index contributed by atoms with van der Waals surface area (Å²) in [5.41, 5.74) is 1.92. The zero-order valence-corrected chi connectivity index (χ0v) is 16.7. The zero-order valence-electron chi connectivity index (χ0n) is 15.9. The summed E-state index contributed by atoms with van der Waals surface area (Å²) in [5.74, 6) is 0.310. The number of methoxy groups -OCH3 is 1. The molecule has 0 aliphatic carbocycles. The van der Waals surface area contributed by atoms with E-state index in [4.69, 9.17) is 16.3 Å². The van der Waals surface area contributed by atoms with E-state index < -0.39 is 0 Å². The van der Waals surface area contributed by atoms with Crippen molar-refractivity contribution in [2.24, 2.45) is 5.92 Å². The normalized spacial score (nSPS) is 10.6. The summed E-state index contributed by atoms with van der Waals surface area (Å²) in [6.07, 6.45) is 3.74. The Labute approximate surface area is 164 Å². The van der Waals surface area contributed by atoms with Crippen LogP contribution in [0.2, 0.25) is 5.02 Å². The Morgan fingerprint density at radius 1 is 1.15 bits per heavy atom. The van der Waals surface area contributed by atoms with E-state index in [1.807, 2.05) is 6.92 Å². The van der Waals surface area contributed by atoms with Crippen LogP contribution in [0.15, 0.2) is 30.6 Å². The number of nitrogens with one attached hydrogen (secondary N) is 2. The highest BCUT2D eigenvalue weighted by molar-refractivity contribution is 6.31. The van der Waals surface area contributed by atoms with Crippen molar-refractivity contribution in [2.75, 3.05) is 19.0 Å². The minimum atomic E-state index is -0.389. The van der Waals surface area contributed by atoms with Gasteiger partial charge in [0.05, 0.1) is 23.9 Å². The Morgan fingerprint density at radius 3 is 2.44 bits per heavy atom. The molecule has 1 heterocycles. The van der Waals surface area contributed by atoms with Gasteiger partial charge >= 0.3 is 0 Å². The number of hydrogen-bond acceptors (Lipinski definition) is 4. The van der Waals surface area contributed by atoms with E-state index >= 15 is 0 Å². The van der Waals surface area contributed by atoms with E-state index in [1.165, 1.54) is 25.6 Å². The molecule has 6 nitrogen and oxygen atoms in total. The maximum Gasteiger partial charge on any atom is 0.257 e. The summed E-state index contributed by atoms with van der Waals surface area (Å²) >= 11 is 6.09. The Balaban J connectivity index is 2.14. The molecular weight excluding hydrogens is 366 g/mol. The molecule has 144 valence electrons. The number of halogens is 1. The predicted octanol–water partition coefficient (Wildman–Crippen LogP) is 4.08. The summed E-state index contributed by atoms with van der Waals surface area (Å²) in [6.45, 7) is 6.59. The SMILES string of the molecule is COc1cc(Cl)c(C)cc1NC(=O)c1cncc(C(=O)NCCC(C)C)c1. The molecule has 0 aliphatic rings. The molecule has 0 bridgehead atoms. The Hall–Kier alpha value is -2.60. The van der Waals surface area contributed by atoms with Crippen molar-refractivity contribution in [2.45, 2.75) is 27.2 Å². The first kappa shape index (κ1) is 20.7. The lowest BCUT2D eigenvalue weighted by Gasteiger charge is -2.12. The van der Waals surface area contributed by atoms with Gasteiger partial charge in [0, 0.05) is 30.0 Å². The highest BCUT2D eigenvalue weighted by Crippen LogP contribution is 2.31. The van der Waals surface area contributed by atoms with Gasteiger partial charge in [0.25, 0.3) is 11.8 Å². The molecule has 1 aromatic heterocycles. The standard InChI is InChI=1S/C20H24ClN3O3/c1-12(2)5-6-23-19(25)14-8-15(11-22-10-14)20(26)24-17-7-13(3)16(21)9-18(17)27-4/h7-12H,5-6H2,1-4H3,(H,23,25)(H,24,26). The fourth-order valence-corrected chi connectivity index (χ4v) is 2.54. The first-order chi connectivity index (χ1) is 12.8. The largest absolute Gasteiger partial charge is 0.495 e. The van der Waals surface area contributed by atoms with Crippen LogP contribution in [0, 0.1) is 12.8 Å². The number of aromatic nitrogens is 1. The molecule has 0 saturated carbocycles. The average Bonchev–Trinajstić information content (AvgIpc) is 2.64. The number of carbonyl (C=O) groups excluding carboxylic acids is 2. The number of pyridine rings is 1. The van der Waals surface area contributed by atoms with Crippen molar-refractivity contribution >= 4 is 29.1 Å². The molecule has 0 spiro atoms. The first-order valence-electron chi connectivity index (χ1n) is 8.70. The summed E-state index contributed by atoms with van der Waals surface area (Å²) in [4.78, 5) is 28.8. The third-order valence-corrected chi connectivity index (χ3v) is 4.41. The van der Waals surface area contributed by atoms with Crippen molar-refractivity contribution in [3.05, 3.63) is 52.3 Å². The van der Waals surface area contributed by atoms with Crippen LogP contribution in [0.5, 0.6) is 5.75 Å². The molecule has 2 amide bonds. The zero-order chi connectivity index (χ0) is 20.0. The summed E-state index contributed by atoms with van der Waals surface area (Å²) in [7, 11) is 1.50. The molecule has 1 aromatic carbocycles. The number of ether oxygens (including phenoxy) is 1. The van der Waals surface area contributed by atoms with Crippen molar-refractivity contribution in [1.29, 1.82) is 0 Å². The third-order valence-electron chi connectivity index (χ3n) is 4.00. The van der Waals surface area contributed by atoms with Crippen LogP contribution in [0.25, 0.3) is 0 Å². The van der Waals surface area contributed by atoms with Crippen LogP contribution < -0.4 is 15.4 Å². The molecule has 2 N–H and O–H groups in total. The molecule has 0 aliphatic heterocycles. The van der Waals surface area contributed by atoms with Gasteiger partial charge in [-0.05, 0) is 37.0 Å². The predicted molar refractivity (Wildman–Crippen MR) is 107 cm³/mol. The van der Waals surface area contributed by atoms with Crippen LogP contribution in [-0.2, 0) is 0 Å². The molecule has 2 rings (SSSR count). The van der Waals surface area contributed by atoms with Gasteiger partial charge in [0.1, 0.15) is 5.75 Å². The molecule has 2 aromatic rings. The van der Waals surface area contributed by atoms with Crippen molar-refractivity contribution in [3.63, 3.8) is 0 Å². The van der Waals surface area contributed by atoms with Gasteiger partial charge in [0.2, 0.25) is 0 Å². The minimum Gasteiger partial charge on any atom is -0.495 e. The number of nitrogens with zero attached hydrogens (tertiary/aromatic N) is 1. The van der Waals surface area contributed by atoms with Gasteiger partial charge in [0.15, 0.2) is 0 Å². The molecule has 0 atom stereocenters. The topological polar surface area (TPSA) is 80.3 Å². The monoisotopic (exact) mass is 389 g/mol. The van der Waals surface area contributed by atoms with Crippen LogP contribution in [0.3, 0.4) is 0 Å². The number of benzene rings is 1. The lowest BCUT2D eigenvalue weighted by molar-refractivity contribution is 0.0951. The van der Waals surface area contributed by atoms with E-state index in [1.54, 1.807) is 12.1 Å². The number of hydrogen-bond donors (Lipinski definition) is 2. The maximum atomic E-state index is 12.6. The second-order valence-electron chi connectivity index (χ2n) is 6.66. The Kier molecular flexibility index (Phi) is 7.19. The third kappa shape index (κ3) is 5.69. The van der Waals surface area contributed by atoms with E-state index in [0.29, 0.717) is 34.5 Å². The number of amides is 2. The van der Waals surface area contributed by atoms with E-state index in [2.05, 4.69) is 29.5 Å². The van der Waals surface area contributed by atoms with Crippen LogP contribution in [-0.4, -0.2) is 30.5 Å². The van der Waals surface area contributed by atoms with Gasteiger partial charge in [-0.25, -0.2) is 0 Å². The number of rotatable bonds is 7. The highest BCUT2D eigenvalue weighted by Gasteiger charge is 2.14. The second-order valence-corrected chi connectivity index (χ2v) is 7.06. The maximum absolute atomic E-state index is 12.6. The number of aryl methyl sites for hydroxylation is 1. The summed E-state index contributed by atoms with van der Waals surface area (Å²) in [6, 6.07) is 4.89. The summed E-state index contributed by atoms with van der Waals surface area (Å²) < 4.78 is 5.26. The molecule has 27 heavy (non-hydrogen) atoms. The molecule has 0 saturated heterocycles. The van der Waals surface area contributed by atoms with E-state index in [-0.39, 0.29) is 17.4 Å². The first-order valence-corrected chi connectivity index (χ1v) is 9.08. The molecule has 7 heteroatoms. The van der Waals surface area contributed by atoms with E-state index in [9.17, 15) is 9.59 Å². The average molecular weight is 390 g/mol. The molecular formula is C20H24ClN3O3. The van der Waals surface area contributed by atoms with Crippen molar-refractivity contribution < 1.29 is 14.3 Å². The molecule has 0 radical (unpaired) electrons. The van der Waals surface area contributed by atoms with Gasteiger partial charge in [-0.2, -0.15) is 0 Å². The van der Waals surface area contributed by atoms with E-state index in [0.717, 1.165) is 12.0 Å². The van der Waals surface area contributed by atoms with Crippen LogP contribution in [0.1, 0.15) is 46.5 Å². The van der Waals surface area contributed by atoms with Gasteiger partial charge < -0.3 is 15.4 Å². The highest BCUT2D eigenvalue weighted by atomic mass is 35.5. The fourth-order valence-electron chi connectivity index (χ4n) is 2.39. The van der Waals surface area contributed by atoms with Gasteiger partial charge in [-0.15, -0.1) is 0 Å². The second kappa shape index (κ2) is 9.37. The van der Waals surface area contributed by atoms with Gasteiger partial charge in [-0.3, -0.25) is 14.6 Å². The number of carbonyl (C=O) groups is 2. The lowest BCUT2D eigenvalue weighted by atomic mass is 10.1. The fraction of sp³-hybridized carbons (Fsp3) is 0.350. The summed E-state index contributed by atoms with van der Waals surface area (Å²) in [5, 5.41) is 6.16. The lowest BCUT2D eigenvalue weighted by Crippen LogP contribution is -2.26. The van der Waals surface area contributed by atoms with Crippen molar-refractivity contribution in [3.8, 4) is 5.75 Å². The van der Waals surface area contributed by atoms with Gasteiger partial charge in [-0.1, -0.05) is 25.4 Å². The van der Waals surface area contributed by atoms with Crippen molar-refractivity contribution in [1.82, 2.24) is 10.3 Å². The smallest absolute Gasteiger partial charge is 0.257 e. The Morgan fingerprint density at radius 2 is 1.81 bits per heavy atom. The molecule has 0 fully saturated rings. The van der Waals surface area contributed by atoms with Crippen LogP contribution >= 0.6 is 11.6 Å².